The van der Waals surface area contributed by atoms with Crippen LogP contribution < -0.4 is 0 Å². The Morgan fingerprint density at radius 2 is 2.06 bits per heavy atom. The summed E-state index contributed by atoms with van der Waals surface area (Å²) in [6.07, 6.45) is 0. The highest BCUT2D eigenvalue weighted by Crippen LogP contribution is 2.21. The van der Waals surface area contributed by atoms with E-state index >= 15 is 0 Å². The van der Waals surface area contributed by atoms with Crippen LogP contribution in [0.25, 0.3) is 4.98 Å². The largest absolute Gasteiger partial charge is 0.639 e. The molecule has 0 atom stereocenters. The highest BCUT2D eigenvalue weighted by atomic mass is 19.1. The van der Waals surface area contributed by atoms with Gasteiger partial charge >= 0.3 is 13.0 Å². The number of halogens is 1. The van der Waals surface area contributed by atoms with Crippen molar-refractivity contribution in [2.75, 3.05) is 14.2 Å². The summed E-state index contributed by atoms with van der Waals surface area (Å²) in [7, 11) is 1.99. The van der Waals surface area contributed by atoms with Crippen molar-refractivity contribution in [1.82, 2.24) is 0 Å². The van der Waals surface area contributed by atoms with Gasteiger partial charge in [-0.25, -0.2) is 4.39 Å². The summed E-state index contributed by atoms with van der Waals surface area (Å²) in [4.78, 5) is 3.01. The summed E-state index contributed by atoms with van der Waals surface area (Å²) in [6.45, 7) is 0.0174. The van der Waals surface area contributed by atoms with Crippen molar-refractivity contribution in [1.29, 1.82) is 5.39 Å². The number of benzene rings is 1. The number of diazo groups is 1. The van der Waals surface area contributed by atoms with Gasteiger partial charge in [-0.15, -0.1) is 0 Å². The molecule has 0 heterocycles. The topological polar surface area (TPSA) is 55.8 Å². The van der Waals surface area contributed by atoms with Crippen molar-refractivity contribution in [3.8, 4) is 0 Å². The number of rotatable bonds is 5. The SMILES string of the molecule is COB(OC)OCc1cc(F)ccc1[N+]#N. The van der Waals surface area contributed by atoms with Gasteiger partial charge in [-0.1, -0.05) is 0 Å². The molecule has 0 saturated heterocycles. The lowest BCUT2D eigenvalue weighted by atomic mass is 10.1. The third-order valence-corrected chi connectivity index (χ3v) is 1.91. The highest BCUT2D eigenvalue weighted by molar-refractivity contribution is 6.36. The van der Waals surface area contributed by atoms with E-state index in [2.05, 4.69) is 4.98 Å². The molecule has 1 aromatic rings. The third-order valence-electron chi connectivity index (χ3n) is 1.91. The summed E-state index contributed by atoms with van der Waals surface area (Å²) < 4.78 is 27.7. The maximum Gasteiger partial charge on any atom is 0.639 e. The van der Waals surface area contributed by atoms with E-state index < -0.39 is 13.1 Å². The van der Waals surface area contributed by atoms with E-state index in [-0.39, 0.29) is 12.3 Å². The quantitative estimate of drug-likeness (QED) is 0.568. The van der Waals surface area contributed by atoms with Crippen LogP contribution in [0.15, 0.2) is 18.2 Å². The molecule has 7 heteroatoms. The van der Waals surface area contributed by atoms with E-state index in [4.69, 9.17) is 19.4 Å². The van der Waals surface area contributed by atoms with Crippen LogP contribution in [-0.4, -0.2) is 21.5 Å². The predicted octanol–water partition coefficient (Wildman–Crippen LogP) is 2.10. The fourth-order valence-electron chi connectivity index (χ4n) is 1.16. The molecule has 0 spiro atoms. The molecular weight excluding hydrogens is 214 g/mol. The van der Waals surface area contributed by atoms with Crippen LogP contribution in [0.1, 0.15) is 5.56 Å². The lowest BCUT2D eigenvalue weighted by Crippen LogP contribution is -2.23. The van der Waals surface area contributed by atoms with Gasteiger partial charge in [0.05, 0.1) is 12.2 Å². The molecule has 1 aromatic carbocycles. The van der Waals surface area contributed by atoms with Crippen molar-refractivity contribution in [3.05, 3.63) is 34.6 Å². The van der Waals surface area contributed by atoms with Crippen molar-refractivity contribution < 1.29 is 18.4 Å². The normalized spacial score (nSPS) is 9.88. The molecule has 0 aliphatic heterocycles. The van der Waals surface area contributed by atoms with Crippen molar-refractivity contribution >= 4 is 13.0 Å². The molecule has 16 heavy (non-hydrogen) atoms. The molecule has 84 valence electrons. The second kappa shape index (κ2) is 6.17. The molecule has 0 saturated carbocycles. The molecule has 0 amide bonds. The lowest BCUT2D eigenvalue weighted by Gasteiger charge is -2.07. The second-order valence-corrected chi connectivity index (χ2v) is 2.94. The van der Waals surface area contributed by atoms with E-state index in [1.54, 1.807) is 0 Å². The minimum Gasteiger partial charge on any atom is -0.389 e. The van der Waals surface area contributed by atoms with Crippen LogP contribution in [0.4, 0.5) is 10.1 Å². The smallest absolute Gasteiger partial charge is 0.389 e. The molecule has 0 unspecified atom stereocenters. The number of hydrogen-bond donors (Lipinski definition) is 0. The zero-order valence-corrected chi connectivity index (χ0v) is 9.01. The van der Waals surface area contributed by atoms with Crippen molar-refractivity contribution in [2.24, 2.45) is 0 Å². The second-order valence-electron chi connectivity index (χ2n) is 2.94. The Hall–Kier alpha value is -1.49. The molecule has 0 N–H and O–H groups in total. The van der Waals surface area contributed by atoms with Crippen LogP contribution >= 0.6 is 0 Å². The summed E-state index contributed by atoms with van der Waals surface area (Å²) in [5.41, 5.74) is 0.647. The number of hydrogen-bond acceptors (Lipinski definition) is 4. The predicted molar refractivity (Wildman–Crippen MR) is 55.7 cm³/mol. The molecule has 1 rings (SSSR count). The Morgan fingerprint density at radius 1 is 1.38 bits per heavy atom. The summed E-state index contributed by atoms with van der Waals surface area (Å²) in [5, 5.41) is 8.67. The minimum absolute atomic E-state index is 0.0174. The fourth-order valence-corrected chi connectivity index (χ4v) is 1.16. The van der Waals surface area contributed by atoms with Crippen LogP contribution in [0.3, 0.4) is 0 Å². The summed E-state index contributed by atoms with van der Waals surface area (Å²) >= 11 is 0. The van der Waals surface area contributed by atoms with Gasteiger partial charge in [-0.3, -0.25) is 0 Å². The zero-order valence-electron chi connectivity index (χ0n) is 9.01. The molecule has 0 aliphatic rings. The first kappa shape index (κ1) is 12.6. The monoisotopic (exact) mass is 225 g/mol. The van der Waals surface area contributed by atoms with E-state index in [1.807, 2.05) is 0 Å². The van der Waals surface area contributed by atoms with E-state index in [9.17, 15) is 4.39 Å². The fraction of sp³-hybridized carbons (Fsp3) is 0.333. The molecule has 0 fully saturated rings. The standard InChI is InChI=1S/C9H11BFN2O3/c1-14-10(15-2)16-6-7-5-8(11)3-4-9(7)13-12/h3-5H,6H2,1-2H3/q+1. The average Bonchev–Trinajstić information content (AvgIpc) is 2.30. The minimum atomic E-state index is -0.838. The van der Waals surface area contributed by atoms with Gasteiger partial charge in [0, 0.05) is 20.3 Å². The van der Waals surface area contributed by atoms with Gasteiger partial charge in [0.2, 0.25) is 5.39 Å². The Labute approximate surface area is 92.9 Å². The molecule has 0 aliphatic carbocycles. The van der Waals surface area contributed by atoms with E-state index in [0.717, 1.165) is 0 Å². The Balaban J connectivity index is 2.73. The van der Waals surface area contributed by atoms with Gasteiger partial charge < -0.3 is 14.0 Å². The van der Waals surface area contributed by atoms with Gasteiger partial charge in [0.1, 0.15) is 5.82 Å². The van der Waals surface area contributed by atoms with E-state index in [1.165, 1.54) is 32.4 Å². The van der Waals surface area contributed by atoms with Crippen LogP contribution in [0, 0.1) is 11.2 Å². The Morgan fingerprint density at radius 3 is 2.62 bits per heavy atom. The van der Waals surface area contributed by atoms with Crippen molar-refractivity contribution in [3.63, 3.8) is 0 Å². The summed E-state index contributed by atoms with van der Waals surface area (Å²) in [5.74, 6) is -0.433. The van der Waals surface area contributed by atoms with Crippen LogP contribution in [0.2, 0.25) is 0 Å². The summed E-state index contributed by atoms with van der Waals surface area (Å²) in [6, 6.07) is 3.77. The molecular formula is C9H11BFN2O3+. The molecule has 0 aromatic heterocycles. The van der Waals surface area contributed by atoms with Gasteiger partial charge in [0.25, 0.3) is 0 Å². The van der Waals surface area contributed by atoms with Crippen molar-refractivity contribution in [2.45, 2.75) is 6.61 Å². The van der Waals surface area contributed by atoms with Crippen LogP contribution in [-0.2, 0) is 20.6 Å². The Kier molecular flexibility index (Phi) is 4.86. The molecule has 5 nitrogen and oxygen atoms in total. The zero-order chi connectivity index (χ0) is 12.0. The van der Waals surface area contributed by atoms with Gasteiger partial charge in [-0.05, 0) is 12.1 Å². The molecule has 0 radical (unpaired) electrons. The average molecular weight is 225 g/mol. The first-order valence-electron chi connectivity index (χ1n) is 4.52. The first-order valence-corrected chi connectivity index (χ1v) is 4.52. The van der Waals surface area contributed by atoms with Gasteiger partial charge in [-0.2, -0.15) is 0 Å². The first-order chi connectivity index (χ1) is 7.71. The molecule has 0 bridgehead atoms. The Bertz CT molecular complexity index is 393. The maximum absolute atomic E-state index is 12.9. The van der Waals surface area contributed by atoms with Crippen LogP contribution in [0.5, 0.6) is 0 Å². The van der Waals surface area contributed by atoms with E-state index in [0.29, 0.717) is 5.56 Å². The number of nitrogens with zero attached hydrogens (tertiary/aromatic N) is 2. The maximum atomic E-state index is 12.9. The lowest BCUT2D eigenvalue weighted by molar-refractivity contribution is 0.128. The third kappa shape index (κ3) is 3.27. The highest BCUT2D eigenvalue weighted by Gasteiger charge is 2.21. The van der Waals surface area contributed by atoms with Gasteiger partial charge in [0.15, 0.2) is 4.98 Å².